The van der Waals surface area contributed by atoms with Crippen LogP contribution in [0, 0.1) is 0 Å². The van der Waals surface area contributed by atoms with Crippen LogP contribution in [0.15, 0.2) is 29.8 Å². The summed E-state index contributed by atoms with van der Waals surface area (Å²) >= 11 is 1.57. The Morgan fingerprint density at radius 1 is 1.37 bits per heavy atom. The average Bonchev–Trinajstić information content (AvgIpc) is 2.83. The first-order valence-electron chi connectivity index (χ1n) is 5.44. The second kappa shape index (κ2) is 5.48. The van der Waals surface area contributed by atoms with Crippen molar-refractivity contribution in [2.75, 3.05) is 12.3 Å². The number of hydrogen-bond donors (Lipinski definition) is 1. The van der Waals surface area contributed by atoms with Crippen molar-refractivity contribution in [3.63, 3.8) is 0 Å². The zero-order chi connectivity index (χ0) is 13.9. The van der Waals surface area contributed by atoms with E-state index in [1.54, 1.807) is 11.3 Å². The lowest BCUT2D eigenvalue weighted by atomic mass is 10.3. The number of nitrogen functional groups attached to an aromatic ring is 1. The minimum Gasteiger partial charge on any atom is -0.491 e. The van der Waals surface area contributed by atoms with Crippen molar-refractivity contribution in [1.82, 2.24) is 4.98 Å². The second-order valence-corrected chi connectivity index (χ2v) is 4.82. The van der Waals surface area contributed by atoms with E-state index in [2.05, 4.69) is 4.98 Å². The van der Waals surface area contributed by atoms with Crippen LogP contribution in [-0.2, 0) is 12.6 Å². The summed E-state index contributed by atoms with van der Waals surface area (Å²) in [5.74, 6) is 0.0129. The number of anilines is 1. The molecule has 0 bridgehead atoms. The number of hydrogen-bond acceptors (Lipinski definition) is 4. The molecule has 3 nitrogen and oxygen atoms in total. The van der Waals surface area contributed by atoms with E-state index in [4.69, 9.17) is 10.5 Å². The van der Waals surface area contributed by atoms with Crippen LogP contribution < -0.4 is 10.5 Å². The number of aromatic nitrogens is 1. The van der Waals surface area contributed by atoms with Crippen molar-refractivity contribution < 1.29 is 17.9 Å². The van der Waals surface area contributed by atoms with Crippen molar-refractivity contribution in [2.24, 2.45) is 0 Å². The first-order chi connectivity index (χ1) is 8.97. The predicted molar refractivity (Wildman–Crippen MR) is 67.2 cm³/mol. The van der Waals surface area contributed by atoms with Gasteiger partial charge in [-0.15, -0.1) is 11.3 Å². The molecule has 0 spiro atoms. The molecular formula is C12H11F3N2OS. The monoisotopic (exact) mass is 288 g/mol. The molecule has 2 aromatic rings. The molecular weight excluding hydrogens is 277 g/mol. The Morgan fingerprint density at radius 2 is 2.16 bits per heavy atom. The minimum absolute atomic E-state index is 0.0129. The topological polar surface area (TPSA) is 48.1 Å². The molecule has 0 saturated heterocycles. The van der Waals surface area contributed by atoms with Gasteiger partial charge >= 0.3 is 6.18 Å². The zero-order valence-corrected chi connectivity index (χ0v) is 10.6. The maximum atomic E-state index is 12.5. The molecule has 0 aliphatic heterocycles. The molecule has 0 unspecified atom stereocenters. The van der Waals surface area contributed by atoms with E-state index in [9.17, 15) is 13.2 Å². The molecule has 0 aromatic carbocycles. The minimum atomic E-state index is -4.50. The van der Waals surface area contributed by atoms with Crippen LogP contribution >= 0.6 is 11.3 Å². The standard InChI is InChI=1S/C12H11F3N2OS/c13-12(14,15)11-6-10(9(16)7-17-11)18-4-3-8-2-1-5-19-8/h1-2,5-7H,3-4,16H2. The lowest BCUT2D eigenvalue weighted by Gasteiger charge is -2.11. The number of nitrogens with zero attached hydrogens (tertiary/aromatic N) is 1. The van der Waals surface area contributed by atoms with Crippen LogP contribution in [0.3, 0.4) is 0 Å². The Labute approximate surface area is 111 Å². The molecule has 2 rings (SSSR count). The fourth-order valence-corrected chi connectivity index (χ4v) is 2.13. The summed E-state index contributed by atoms with van der Waals surface area (Å²) < 4.78 is 42.8. The number of pyridine rings is 1. The average molecular weight is 288 g/mol. The van der Waals surface area contributed by atoms with Gasteiger partial charge in [-0.25, -0.2) is 4.98 Å². The zero-order valence-electron chi connectivity index (χ0n) is 9.78. The number of nitrogens with two attached hydrogens (primary N) is 1. The Hall–Kier alpha value is -1.76. The van der Waals surface area contributed by atoms with Gasteiger partial charge in [0.25, 0.3) is 0 Å². The number of halogens is 3. The van der Waals surface area contributed by atoms with E-state index in [1.165, 1.54) is 0 Å². The highest BCUT2D eigenvalue weighted by Gasteiger charge is 2.33. The van der Waals surface area contributed by atoms with E-state index in [1.807, 2.05) is 17.5 Å². The van der Waals surface area contributed by atoms with Crippen LogP contribution in [0.4, 0.5) is 18.9 Å². The van der Waals surface area contributed by atoms with Crippen LogP contribution in [-0.4, -0.2) is 11.6 Å². The van der Waals surface area contributed by atoms with E-state index in [0.717, 1.165) is 17.1 Å². The lowest BCUT2D eigenvalue weighted by molar-refractivity contribution is -0.141. The van der Waals surface area contributed by atoms with Gasteiger partial charge in [-0.2, -0.15) is 13.2 Å². The second-order valence-electron chi connectivity index (χ2n) is 3.78. The molecule has 0 aliphatic rings. The first-order valence-corrected chi connectivity index (χ1v) is 6.32. The Morgan fingerprint density at radius 3 is 2.79 bits per heavy atom. The number of thiophene rings is 1. The van der Waals surface area contributed by atoms with Gasteiger partial charge in [0.1, 0.15) is 11.4 Å². The van der Waals surface area contributed by atoms with E-state index < -0.39 is 11.9 Å². The van der Waals surface area contributed by atoms with Gasteiger partial charge in [-0.05, 0) is 11.4 Å². The smallest absolute Gasteiger partial charge is 0.433 e. The molecule has 0 radical (unpaired) electrons. The largest absolute Gasteiger partial charge is 0.491 e. The number of rotatable bonds is 4. The van der Waals surface area contributed by atoms with Crippen LogP contribution in [0.25, 0.3) is 0 Å². The van der Waals surface area contributed by atoms with E-state index in [0.29, 0.717) is 6.42 Å². The molecule has 0 amide bonds. The van der Waals surface area contributed by atoms with Crippen molar-refractivity contribution in [2.45, 2.75) is 12.6 Å². The van der Waals surface area contributed by atoms with Gasteiger partial charge in [0.2, 0.25) is 0 Å². The Bertz CT molecular complexity index is 540. The highest BCUT2D eigenvalue weighted by molar-refractivity contribution is 7.09. The molecule has 7 heteroatoms. The lowest BCUT2D eigenvalue weighted by Crippen LogP contribution is -2.10. The van der Waals surface area contributed by atoms with Crippen LogP contribution in [0.5, 0.6) is 5.75 Å². The summed E-state index contributed by atoms with van der Waals surface area (Å²) in [6, 6.07) is 4.66. The maximum Gasteiger partial charge on any atom is 0.433 e. The van der Waals surface area contributed by atoms with Gasteiger partial charge in [0.05, 0.1) is 18.5 Å². The summed E-state index contributed by atoms with van der Waals surface area (Å²) in [7, 11) is 0. The fourth-order valence-electron chi connectivity index (χ4n) is 1.44. The fraction of sp³-hybridized carbons (Fsp3) is 0.250. The third-order valence-electron chi connectivity index (χ3n) is 2.37. The highest BCUT2D eigenvalue weighted by Crippen LogP contribution is 2.32. The highest BCUT2D eigenvalue weighted by atomic mass is 32.1. The summed E-state index contributed by atoms with van der Waals surface area (Å²) in [4.78, 5) is 4.34. The van der Waals surface area contributed by atoms with E-state index >= 15 is 0 Å². The number of ether oxygens (including phenoxy) is 1. The molecule has 19 heavy (non-hydrogen) atoms. The molecule has 0 atom stereocenters. The summed E-state index contributed by atoms with van der Waals surface area (Å²) in [5, 5.41) is 1.93. The molecule has 0 saturated carbocycles. The van der Waals surface area contributed by atoms with E-state index in [-0.39, 0.29) is 18.0 Å². The normalized spacial score (nSPS) is 11.5. The molecule has 2 aromatic heterocycles. The van der Waals surface area contributed by atoms with Crippen molar-refractivity contribution in [3.8, 4) is 5.75 Å². The third kappa shape index (κ3) is 3.60. The molecule has 0 aliphatic carbocycles. The quantitative estimate of drug-likeness (QED) is 0.938. The van der Waals surface area contributed by atoms with Crippen LogP contribution in [0.2, 0.25) is 0 Å². The number of alkyl halides is 3. The SMILES string of the molecule is Nc1cnc(C(F)(F)F)cc1OCCc1cccs1. The summed E-state index contributed by atoms with van der Waals surface area (Å²) in [5.41, 5.74) is 4.63. The van der Waals surface area contributed by atoms with Gasteiger partial charge in [0.15, 0.2) is 0 Å². The summed E-state index contributed by atoms with van der Waals surface area (Å²) in [6.45, 7) is 0.270. The first kappa shape index (κ1) is 13.7. The van der Waals surface area contributed by atoms with Gasteiger partial charge in [-0.3, -0.25) is 0 Å². The summed E-state index contributed by atoms with van der Waals surface area (Å²) in [6.07, 6.45) is -2.91. The van der Waals surface area contributed by atoms with Crippen LogP contribution in [0.1, 0.15) is 10.6 Å². The molecule has 0 fully saturated rings. The maximum absolute atomic E-state index is 12.5. The van der Waals surface area contributed by atoms with Gasteiger partial charge in [-0.1, -0.05) is 6.07 Å². The molecule has 2 heterocycles. The Balaban J connectivity index is 2.03. The van der Waals surface area contributed by atoms with Crippen molar-refractivity contribution >= 4 is 17.0 Å². The molecule has 102 valence electrons. The predicted octanol–water partition coefficient (Wildman–Crippen LogP) is 3.37. The van der Waals surface area contributed by atoms with Crippen molar-refractivity contribution in [3.05, 3.63) is 40.3 Å². The molecule has 2 N–H and O–H groups in total. The van der Waals surface area contributed by atoms with Crippen molar-refractivity contribution in [1.29, 1.82) is 0 Å². The van der Waals surface area contributed by atoms with Gasteiger partial charge < -0.3 is 10.5 Å². The third-order valence-corrected chi connectivity index (χ3v) is 3.31. The van der Waals surface area contributed by atoms with Gasteiger partial charge in [0, 0.05) is 17.4 Å². The Kier molecular flexibility index (Phi) is 3.94.